The fourth-order valence-corrected chi connectivity index (χ4v) is 2.70. The first-order chi connectivity index (χ1) is 11.6. The molecule has 5 heteroatoms. The van der Waals surface area contributed by atoms with Crippen molar-refractivity contribution in [1.82, 2.24) is 14.8 Å². The Balaban J connectivity index is 1.90. The van der Waals surface area contributed by atoms with Gasteiger partial charge in [-0.2, -0.15) is 5.10 Å². The summed E-state index contributed by atoms with van der Waals surface area (Å²) in [5, 5.41) is 15.0. The molecule has 0 spiro atoms. The van der Waals surface area contributed by atoms with Crippen molar-refractivity contribution in [3.8, 4) is 17.1 Å². The van der Waals surface area contributed by atoms with E-state index in [4.69, 9.17) is 4.74 Å². The van der Waals surface area contributed by atoms with Crippen LogP contribution in [0, 0.1) is 13.8 Å². The average molecular weight is 323 g/mol. The molecule has 3 rings (SSSR count). The van der Waals surface area contributed by atoms with Crippen molar-refractivity contribution in [2.24, 2.45) is 0 Å². The zero-order valence-electron chi connectivity index (χ0n) is 14.1. The van der Waals surface area contributed by atoms with Crippen LogP contribution in [0.5, 0.6) is 5.75 Å². The van der Waals surface area contributed by atoms with Crippen LogP contribution in [0.3, 0.4) is 0 Å². The number of aliphatic hydroxyl groups excluding tert-OH is 1. The molecule has 0 radical (unpaired) electrons. The summed E-state index contributed by atoms with van der Waals surface area (Å²) >= 11 is 0. The molecule has 1 unspecified atom stereocenters. The molecule has 3 aromatic rings. The van der Waals surface area contributed by atoms with Crippen LogP contribution in [0.15, 0.2) is 48.5 Å². The zero-order valence-corrected chi connectivity index (χ0v) is 14.1. The summed E-state index contributed by atoms with van der Waals surface area (Å²) < 4.78 is 6.98. The first-order valence-electron chi connectivity index (χ1n) is 7.87. The van der Waals surface area contributed by atoms with Gasteiger partial charge in [0, 0.05) is 5.56 Å². The van der Waals surface area contributed by atoms with Crippen LogP contribution in [0.4, 0.5) is 0 Å². The minimum absolute atomic E-state index is 0.331. The number of aliphatic hydroxyl groups is 1. The minimum Gasteiger partial charge on any atom is -0.497 e. The molecule has 2 aromatic carbocycles. The monoisotopic (exact) mass is 323 g/mol. The number of benzene rings is 2. The lowest BCUT2D eigenvalue weighted by molar-refractivity contribution is 0.151. The van der Waals surface area contributed by atoms with Gasteiger partial charge < -0.3 is 9.84 Å². The van der Waals surface area contributed by atoms with Gasteiger partial charge in [0.2, 0.25) is 0 Å². The third kappa shape index (κ3) is 3.46. The first kappa shape index (κ1) is 16.2. The second-order valence-corrected chi connectivity index (χ2v) is 5.83. The molecule has 0 fully saturated rings. The van der Waals surface area contributed by atoms with Crippen LogP contribution in [-0.2, 0) is 6.54 Å². The summed E-state index contributed by atoms with van der Waals surface area (Å²) in [5.41, 5.74) is 2.94. The standard InChI is InChI=1S/C19H21N3O2/c1-13-6-4-8-16(10-13)19-20-14(2)21-22(19)12-18(23)15-7-5-9-17(11-15)24-3/h4-11,18,23H,12H2,1-3H3. The molecule has 1 N–H and O–H groups in total. The maximum Gasteiger partial charge on any atom is 0.158 e. The normalized spacial score (nSPS) is 12.2. The van der Waals surface area contributed by atoms with Crippen LogP contribution >= 0.6 is 0 Å². The van der Waals surface area contributed by atoms with Gasteiger partial charge in [-0.3, -0.25) is 0 Å². The van der Waals surface area contributed by atoms with Crippen molar-refractivity contribution in [3.63, 3.8) is 0 Å². The number of rotatable bonds is 5. The van der Waals surface area contributed by atoms with Gasteiger partial charge in [-0.05, 0) is 37.6 Å². The van der Waals surface area contributed by atoms with E-state index in [2.05, 4.69) is 16.1 Å². The number of nitrogens with zero attached hydrogens (tertiary/aromatic N) is 3. The molecule has 0 saturated carbocycles. The molecule has 1 heterocycles. The molecule has 0 saturated heterocycles. The highest BCUT2D eigenvalue weighted by atomic mass is 16.5. The molecule has 0 amide bonds. The Bertz CT molecular complexity index is 842. The lowest BCUT2D eigenvalue weighted by Gasteiger charge is -2.14. The summed E-state index contributed by atoms with van der Waals surface area (Å²) in [6.07, 6.45) is -0.690. The third-order valence-corrected chi connectivity index (χ3v) is 3.88. The van der Waals surface area contributed by atoms with Crippen LogP contribution in [-0.4, -0.2) is 27.0 Å². The molecular weight excluding hydrogens is 302 g/mol. The summed E-state index contributed by atoms with van der Waals surface area (Å²) in [5.74, 6) is 2.17. The number of ether oxygens (including phenoxy) is 1. The van der Waals surface area contributed by atoms with E-state index in [-0.39, 0.29) is 0 Å². The van der Waals surface area contributed by atoms with E-state index < -0.39 is 6.10 Å². The molecule has 24 heavy (non-hydrogen) atoms. The smallest absolute Gasteiger partial charge is 0.158 e. The molecule has 1 aromatic heterocycles. The Morgan fingerprint density at radius 1 is 1.12 bits per heavy atom. The van der Waals surface area contributed by atoms with Crippen LogP contribution in [0.2, 0.25) is 0 Å². The Morgan fingerprint density at radius 2 is 1.92 bits per heavy atom. The molecule has 0 aliphatic rings. The lowest BCUT2D eigenvalue weighted by Crippen LogP contribution is -2.11. The molecule has 0 aliphatic heterocycles. The minimum atomic E-state index is -0.690. The Hall–Kier alpha value is -2.66. The van der Waals surface area contributed by atoms with Gasteiger partial charge in [0.25, 0.3) is 0 Å². The number of aromatic nitrogens is 3. The summed E-state index contributed by atoms with van der Waals surface area (Å²) in [6, 6.07) is 15.5. The van der Waals surface area contributed by atoms with Gasteiger partial charge in [0.1, 0.15) is 11.6 Å². The number of hydrogen-bond acceptors (Lipinski definition) is 4. The van der Waals surface area contributed by atoms with E-state index in [1.807, 2.05) is 56.3 Å². The van der Waals surface area contributed by atoms with Gasteiger partial charge >= 0.3 is 0 Å². The highest BCUT2D eigenvalue weighted by molar-refractivity contribution is 5.56. The molecular formula is C19H21N3O2. The van der Waals surface area contributed by atoms with Crippen LogP contribution in [0.25, 0.3) is 11.4 Å². The average Bonchev–Trinajstić information content (AvgIpc) is 2.95. The molecule has 1 atom stereocenters. The molecule has 0 aliphatic carbocycles. The topological polar surface area (TPSA) is 60.2 Å². The van der Waals surface area contributed by atoms with Gasteiger partial charge in [0.15, 0.2) is 5.82 Å². The summed E-state index contributed by atoms with van der Waals surface area (Å²) in [7, 11) is 1.61. The van der Waals surface area contributed by atoms with Gasteiger partial charge in [0.05, 0.1) is 19.8 Å². The van der Waals surface area contributed by atoms with E-state index in [1.54, 1.807) is 11.8 Å². The predicted octanol–water partition coefficient (Wildman–Crippen LogP) is 3.30. The highest BCUT2D eigenvalue weighted by Crippen LogP contribution is 2.24. The summed E-state index contributed by atoms with van der Waals surface area (Å²) in [6.45, 7) is 4.23. The third-order valence-electron chi connectivity index (χ3n) is 3.88. The van der Waals surface area contributed by atoms with Crippen molar-refractivity contribution in [2.75, 3.05) is 7.11 Å². The molecule has 5 nitrogen and oxygen atoms in total. The first-order valence-corrected chi connectivity index (χ1v) is 7.87. The largest absolute Gasteiger partial charge is 0.497 e. The second-order valence-electron chi connectivity index (χ2n) is 5.83. The quantitative estimate of drug-likeness (QED) is 0.782. The summed E-state index contributed by atoms with van der Waals surface area (Å²) in [4.78, 5) is 4.52. The van der Waals surface area contributed by atoms with Crippen LogP contribution < -0.4 is 4.74 Å². The Kier molecular flexibility index (Phi) is 4.62. The fraction of sp³-hybridized carbons (Fsp3) is 0.263. The van der Waals surface area contributed by atoms with Crippen molar-refractivity contribution < 1.29 is 9.84 Å². The van der Waals surface area contributed by atoms with Crippen molar-refractivity contribution in [3.05, 3.63) is 65.5 Å². The van der Waals surface area contributed by atoms with Gasteiger partial charge in [-0.25, -0.2) is 9.67 Å². The Labute approximate surface area is 141 Å². The zero-order chi connectivity index (χ0) is 17.1. The Morgan fingerprint density at radius 3 is 2.67 bits per heavy atom. The van der Waals surface area contributed by atoms with E-state index in [1.165, 1.54) is 0 Å². The highest BCUT2D eigenvalue weighted by Gasteiger charge is 2.15. The van der Waals surface area contributed by atoms with Crippen molar-refractivity contribution >= 4 is 0 Å². The van der Waals surface area contributed by atoms with Crippen molar-refractivity contribution in [1.29, 1.82) is 0 Å². The predicted molar refractivity (Wildman–Crippen MR) is 92.9 cm³/mol. The van der Waals surface area contributed by atoms with E-state index >= 15 is 0 Å². The van der Waals surface area contributed by atoms with Gasteiger partial charge in [-0.1, -0.05) is 35.9 Å². The van der Waals surface area contributed by atoms with Gasteiger partial charge in [-0.15, -0.1) is 0 Å². The lowest BCUT2D eigenvalue weighted by atomic mass is 10.1. The maximum absolute atomic E-state index is 10.6. The number of aryl methyl sites for hydroxylation is 2. The van der Waals surface area contributed by atoms with E-state index in [0.29, 0.717) is 12.4 Å². The second kappa shape index (κ2) is 6.84. The van der Waals surface area contributed by atoms with Crippen LogP contribution in [0.1, 0.15) is 23.1 Å². The molecule has 0 bridgehead atoms. The maximum atomic E-state index is 10.6. The number of methoxy groups -OCH3 is 1. The number of hydrogen-bond donors (Lipinski definition) is 1. The van der Waals surface area contributed by atoms with E-state index in [0.717, 1.165) is 28.3 Å². The SMILES string of the molecule is COc1cccc(C(O)Cn2nc(C)nc2-c2cccc(C)c2)c1. The van der Waals surface area contributed by atoms with Crippen molar-refractivity contribution in [2.45, 2.75) is 26.5 Å². The van der Waals surface area contributed by atoms with E-state index in [9.17, 15) is 5.11 Å². The molecule has 124 valence electrons. The fourth-order valence-electron chi connectivity index (χ4n) is 2.70.